The standard InChI is InChI=1S/C27H29ClFN3O4S/c1-4-30-27(34)20(3)31(17-21-10-8-9-19(2)15-21)26(33)18-32(22-13-14-25(29)24(28)16-22)37(35,36)23-11-6-5-7-12-23/h5-16,20H,4,17-18H2,1-3H3,(H,30,34)/t20-/m1/s1. The number of hydrogen-bond donors (Lipinski definition) is 1. The number of carbonyl (C=O) groups is 2. The molecule has 0 radical (unpaired) electrons. The van der Waals surface area contributed by atoms with Crippen LogP contribution in [0.4, 0.5) is 10.1 Å². The summed E-state index contributed by atoms with van der Waals surface area (Å²) in [6.07, 6.45) is 0. The van der Waals surface area contributed by atoms with Gasteiger partial charge in [0.1, 0.15) is 18.4 Å². The van der Waals surface area contributed by atoms with Crippen LogP contribution in [-0.2, 0) is 26.2 Å². The summed E-state index contributed by atoms with van der Waals surface area (Å²) in [5.74, 6) is -1.70. The maximum absolute atomic E-state index is 13.9. The molecule has 37 heavy (non-hydrogen) atoms. The lowest BCUT2D eigenvalue weighted by atomic mass is 10.1. The zero-order valence-electron chi connectivity index (χ0n) is 20.8. The summed E-state index contributed by atoms with van der Waals surface area (Å²) in [6, 6.07) is 17.6. The van der Waals surface area contributed by atoms with Crippen molar-refractivity contribution in [3.8, 4) is 0 Å². The van der Waals surface area contributed by atoms with Crippen LogP contribution >= 0.6 is 11.6 Å². The van der Waals surface area contributed by atoms with Crippen LogP contribution in [0.3, 0.4) is 0 Å². The number of likely N-dealkylation sites (N-methyl/N-ethyl adjacent to an activating group) is 1. The lowest BCUT2D eigenvalue weighted by Gasteiger charge is -2.32. The van der Waals surface area contributed by atoms with Crippen LogP contribution in [0.15, 0.2) is 77.7 Å². The molecule has 3 rings (SSSR count). The smallest absolute Gasteiger partial charge is 0.264 e. The van der Waals surface area contributed by atoms with E-state index < -0.39 is 34.3 Å². The lowest BCUT2D eigenvalue weighted by molar-refractivity contribution is -0.139. The molecule has 10 heteroatoms. The molecule has 0 spiro atoms. The van der Waals surface area contributed by atoms with Crippen molar-refractivity contribution in [3.63, 3.8) is 0 Å². The lowest BCUT2D eigenvalue weighted by Crippen LogP contribution is -2.51. The number of sulfonamides is 1. The van der Waals surface area contributed by atoms with E-state index in [2.05, 4.69) is 5.32 Å². The largest absolute Gasteiger partial charge is 0.355 e. The summed E-state index contributed by atoms with van der Waals surface area (Å²) in [6.45, 7) is 5.10. The average molecular weight is 546 g/mol. The molecule has 0 saturated heterocycles. The number of halogens is 2. The Bertz CT molecular complexity index is 1370. The Hall–Kier alpha value is -3.43. The quantitative estimate of drug-likeness (QED) is 0.405. The first kappa shape index (κ1) is 28.1. The number of rotatable bonds is 10. The predicted octanol–water partition coefficient (Wildman–Crippen LogP) is 4.54. The minimum atomic E-state index is -4.24. The summed E-state index contributed by atoms with van der Waals surface area (Å²) in [5, 5.41) is 2.42. The molecule has 196 valence electrons. The second-order valence-corrected chi connectivity index (χ2v) is 10.8. The molecule has 1 N–H and O–H groups in total. The van der Waals surface area contributed by atoms with Gasteiger partial charge in [0.15, 0.2) is 0 Å². The van der Waals surface area contributed by atoms with Gasteiger partial charge in [0.05, 0.1) is 15.6 Å². The van der Waals surface area contributed by atoms with Gasteiger partial charge >= 0.3 is 0 Å². The molecule has 0 aliphatic carbocycles. The first-order valence-electron chi connectivity index (χ1n) is 11.7. The molecule has 3 aromatic carbocycles. The Morgan fingerprint density at radius 2 is 1.73 bits per heavy atom. The van der Waals surface area contributed by atoms with Crippen molar-refractivity contribution in [1.29, 1.82) is 0 Å². The molecule has 2 amide bonds. The number of nitrogens with zero attached hydrogens (tertiary/aromatic N) is 2. The Labute approximate surface area is 221 Å². The summed E-state index contributed by atoms with van der Waals surface area (Å²) < 4.78 is 42.0. The third kappa shape index (κ3) is 6.87. The summed E-state index contributed by atoms with van der Waals surface area (Å²) in [7, 11) is -4.24. The fourth-order valence-electron chi connectivity index (χ4n) is 3.80. The highest BCUT2D eigenvalue weighted by Crippen LogP contribution is 2.28. The second kappa shape index (κ2) is 12.2. The highest BCUT2D eigenvalue weighted by atomic mass is 35.5. The molecule has 0 heterocycles. The van der Waals surface area contributed by atoms with Crippen LogP contribution in [0.5, 0.6) is 0 Å². The minimum absolute atomic E-state index is 0.0183. The van der Waals surface area contributed by atoms with Gasteiger partial charge in [-0.2, -0.15) is 0 Å². The third-order valence-corrected chi connectivity index (χ3v) is 7.83. The number of nitrogens with one attached hydrogen (secondary N) is 1. The van der Waals surface area contributed by atoms with Crippen molar-refractivity contribution in [2.45, 2.75) is 38.3 Å². The van der Waals surface area contributed by atoms with Crippen LogP contribution in [0.2, 0.25) is 5.02 Å². The Kier molecular flexibility index (Phi) is 9.29. The maximum atomic E-state index is 13.9. The Morgan fingerprint density at radius 1 is 1.03 bits per heavy atom. The monoisotopic (exact) mass is 545 g/mol. The van der Waals surface area contributed by atoms with Crippen molar-refractivity contribution >= 4 is 39.1 Å². The molecule has 0 saturated carbocycles. The highest BCUT2D eigenvalue weighted by molar-refractivity contribution is 7.92. The van der Waals surface area contributed by atoms with Crippen molar-refractivity contribution in [2.75, 3.05) is 17.4 Å². The summed E-state index contributed by atoms with van der Waals surface area (Å²) >= 11 is 5.96. The topological polar surface area (TPSA) is 86.8 Å². The zero-order valence-corrected chi connectivity index (χ0v) is 22.4. The van der Waals surface area contributed by atoms with E-state index in [0.717, 1.165) is 27.6 Å². The van der Waals surface area contributed by atoms with Gasteiger partial charge in [-0.15, -0.1) is 0 Å². The van der Waals surface area contributed by atoms with Crippen LogP contribution in [0, 0.1) is 12.7 Å². The van der Waals surface area contributed by atoms with E-state index in [-0.39, 0.29) is 28.1 Å². The Morgan fingerprint density at radius 3 is 2.35 bits per heavy atom. The fraction of sp³-hybridized carbons (Fsp3) is 0.259. The first-order chi connectivity index (χ1) is 17.5. The molecule has 0 aliphatic heterocycles. The fourth-order valence-corrected chi connectivity index (χ4v) is 5.40. The average Bonchev–Trinajstić information content (AvgIpc) is 2.87. The van der Waals surface area contributed by atoms with Gasteiger partial charge in [0.25, 0.3) is 10.0 Å². The van der Waals surface area contributed by atoms with Crippen molar-refractivity contribution < 1.29 is 22.4 Å². The van der Waals surface area contributed by atoms with Gasteiger partial charge < -0.3 is 10.2 Å². The predicted molar refractivity (Wildman–Crippen MR) is 142 cm³/mol. The molecule has 0 bridgehead atoms. The summed E-state index contributed by atoms with van der Waals surface area (Å²) in [5.41, 5.74) is 1.78. The van der Waals surface area contributed by atoms with E-state index >= 15 is 0 Å². The van der Waals surface area contributed by atoms with Gasteiger partial charge in [-0.25, -0.2) is 12.8 Å². The van der Waals surface area contributed by atoms with Gasteiger partial charge in [-0.05, 0) is 56.7 Å². The normalized spacial score (nSPS) is 12.0. The van der Waals surface area contributed by atoms with Gasteiger partial charge in [-0.3, -0.25) is 13.9 Å². The molecule has 1 atom stereocenters. The minimum Gasteiger partial charge on any atom is -0.355 e. The van der Waals surface area contributed by atoms with Gasteiger partial charge in [-0.1, -0.05) is 59.6 Å². The van der Waals surface area contributed by atoms with Crippen molar-refractivity contribution in [1.82, 2.24) is 10.2 Å². The Balaban J connectivity index is 2.04. The number of carbonyl (C=O) groups excluding carboxylic acids is 2. The number of benzene rings is 3. The molecule has 3 aromatic rings. The molecule has 0 fully saturated rings. The van der Waals surface area contributed by atoms with Crippen LogP contribution in [0.25, 0.3) is 0 Å². The van der Waals surface area contributed by atoms with Crippen molar-refractivity contribution in [2.24, 2.45) is 0 Å². The molecule has 0 unspecified atom stereocenters. The maximum Gasteiger partial charge on any atom is 0.264 e. The van der Waals surface area contributed by atoms with Gasteiger partial charge in [0.2, 0.25) is 11.8 Å². The third-order valence-electron chi connectivity index (χ3n) is 5.75. The van der Waals surface area contributed by atoms with Crippen molar-refractivity contribution in [3.05, 3.63) is 94.8 Å². The highest BCUT2D eigenvalue weighted by Gasteiger charge is 2.32. The van der Waals surface area contributed by atoms with Gasteiger partial charge in [0, 0.05) is 13.1 Å². The van der Waals surface area contributed by atoms with E-state index in [4.69, 9.17) is 11.6 Å². The molecular weight excluding hydrogens is 517 g/mol. The second-order valence-electron chi connectivity index (χ2n) is 8.50. The van der Waals surface area contributed by atoms with E-state index in [1.165, 1.54) is 23.1 Å². The SMILES string of the molecule is CCNC(=O)[C@@H](C)N(Cc1cccc(C)c1)C(=O)CN(c1ccc(F)c(Cl)c1)S(=O)(=O)c1ccccc1. The molecular formula is C27H29ClFN3O4S. The molecule has 7 nitrogen and oxygen atoms in total. The van der Waals surface area contributed by atoms with E-state index in [1.54, 1.807) is 32.0 Å². The van der Waals surface area contributed by atoms with E-state index in [1.807, 2.05) is 31.2 Å². The van der Waals surface area contributed by atoms with Crippen LogP contribution in [0.1, 0.15) is 25.0 Å². The number of amides is 2. The zero-order chi connectivity index (χ0) is 27.2. The van der Waals surface area contributed by atoms with E-state index in [9.17, 15) is 22.4 Å². The summed E-state index contributed by atoms with van der Waals surface area (Å²) in [4.78, 5) is 27.7. The number of anilines is 1. The number of hydrogen-bond acceptors (Lipinski definition) is 4. The number of aryl methyl sites for hydroxylation is 1. The van der Waals surface area contributed by atoms with Crippen LogP contribution < -0.4 is 9.62 Å². The van der Waals surface area contributed by atoms with Crippen LogP contribution in [-0.4, -0.2) is 44.3 Å². The first-order valence-corrected chi connectivity index (χ1v) is 13.5. The van der Waals surface area contributed by atoms with E-state index in [0.29, 0.717) is 6.54 Å². The molecule has 0 aliphatic rings. The molecule has 0 aromatic heterocycles.